The molecule has 1 heterocycles. The molecule has 28 heavy (non-hydrogen) atoms. The average Bonchev–Trinajstić information content (AvgIpc) is 2.72. The van der Waals surface area contributed by atoms with Gasteiger partial charge in [-0.25, -0.2) is 4.79 Å². The molecule has 0 aromatic heterocycles. The number of nitro benzene ring substituents is 1. The van der Waals surface area contributed by atoms with E-state index in [2.05, 4.69) is 10.6 Å². The van der Waals surface area contributed by atoms with Crippen LogP contribution in [-0.2, 0) is 0 Å². The molecule has 2 aromatic rings. The molecule has 144 valence electrons. The molecule has 1 fully saturated rings. The van der Waals surface area contributed by atoms with Gasteiger partial charge in [-0.1, -0.05) is 18.2 Å². The zero-order valence-electron chi connectivity index (χ0n) is 15.3. The van der Waals surface area contributed by atoms with Crippen LogP contribution in [0.4, 0.5) is 21.9 Å². The van der Waals surface area contributed by atoms with E-state index in [0.29, 0.717) is 24.5 Å². The smallest absolute Gasteiger partial charge is 0.319 e. The lowest BCUT2D eigenvalue weighted by molar-refractivity contribution is -0.384. The summed E-state index contributed by atoms with van der Waals surface area (Å²) < 4.78 is 0. The van der Waals surface area contributed by atoms with Crippen LogP contribution in [0.1, 0.15) is 24.8 Å². The molecule has 0 spiro atoms. The van der Waals surface area contributed by atoms with Crippen molar-refractivity contribution in [3.05, 3.63) is 64.2 Å². The van der Waals surface area contributed by atoms with E-state index in [1.807, 2.05) is 29.2 Å². The van der Waals surface area contributed by atoms with E-state index in [1.165, 1.54) is 6.07 Å². The monoisotopic (exact) mass is 379 g/mol. The van der Waals surface area contributed by atoms with Gasteiger partial charge in [-0.05, 0) is 43.5 Å². The van der Waals surface area contributed by atoms with E-state index < -0.39 is 4.92 Å². The number of hydrogen-bond donors (Lipinski definition) is 2. The predicted octanol–water partition coefficient (Wildman–Crippen LogP) is 3.65. The fourth-order valence-electron chi connectivity index (χ4n) is 3.42. The molecule has 1 aliphatic rings. The number of piperidine rings is 1. The van der Waals surface area contributed by atoms with Crippen LogP contribution < -0.4 is 15.5 Å². The standard InChI is InChI=1S/C20H21N5O3/c21-13-15-9-10-18(19(12-15)25(27)28)24-11-5-4-8-17(24)14-22-20(26)23-16-6-2-1-3-7-16/h1-3,6-7,9-10,12,17H,4-5,8,11,14H2,(H2,22,23,26). The van der Waals surface area contributed by atoms with Gasteiger partial charge in [0.1, 0.15) is 5.69 Å². The summed E-state index contributed by atoms with van der Waals surface area (Å²) in [6, 6.07) is 15.2. The van der Waals surface area contributed by atoms with Gasteiger partial charge in [0.05, 0.1) is 16.6 Å². The van der Waals surface area contributed by atoms with Crippen LogP contribution in [-0.4, -0.2) is 30.1 Å². The van der Waals surface area contributed by atoms with Crippen LogP contribution in [0.5, 0.6) is 0 Å². The van der Waals surface area contributed by atoms with Crippen molar-refractivity contribution in [3.63, 3.8) is 0 Å². The first kappa shape index (κ1) is 19.2. The van der Waals surface area contributed by atoms with Gasteiger partial charge in [0.15, 0.2) is 0 Å². The van der Waals surface area contributed by atoms with Crippen molar-refractivity contribution in [2.75, 3.05) is 23.3 Å². The molecular formula is C20H21N5O3. The minimum atomic E-state index is -0.461. The molecule has 3 rings (SSSR count). The molecule has 1 unspecified atom stereocenters. The van der Waals surface area contributed by atoms with Gasteiger partial charge >= 0.3 is 6.03 Å². The number of urea groups is 1. The summed E-state index contributed by atoms with van der Waals surface area (Å²) in [6.45, 7) is 1.04. The van der Waals surface area contributed by atoms with Crippen molar-refractivity contribution in [2.45, 2.75) is 25.3 Å². The third kappa shape index (κ3) is 4.57. The summed E-state index contributed by atoms with van der Waals surface area (Å²) in [5, 5.41) is 26.1. The highest BCUT2D eigenvalue weighted by molar-refractivity contribution is 5.89. The van der Waals surface area contributed by atoms with Crippen LogP contribution >= 0.6 is 0 Å². The highest BCUT2D eigenvalue weighted by Gasteiger charge is 2.28. The number of benzene rings is 2. The van der Waals surface area contributed by atoms with Crippen molar-refractivity contribution >= 4 is 23.1 Å². The Balaban J connectivity index is 1.72. The van der Waals surface area contributed by atoms with Crippen molar-refractivity contribution in [3.8, 4) is 6.07 Å². The largest absolute Gasteiger partial charge is 0.361 e. The van der Waals surface area contributed by atoms with Gasteiger partial charge in [-0.15, -0.1) is 0 Å². The Bertz CT molecular complexity index is 894. The molecule has 0 radical (unpaired) electrons. The summed E-state index contributed by atoms with van der Waals surface area (Å²) >= 11 is 0. The first-order valence-corrected chi connectivity index (χ1v) is 9.13. The lowest BCUT2D eigenvalue weighted by Crippen LogP contribution is -2.47. The number of nitriles is 1. The lowest BCUT2D eigenvalue weighted by Gasteiger charge is -2.37. The Hall–Kier alpha value is -3.60. The molecule has 2 aromatic carbocycles. The topological polar surface area (TPSA) is 111 Å². The number of carbonyl (C=O) groups is 1. The third-order valence-corrected chi connectivity index (χ3v) is 4.77. The van der Waals surface area contributed by atoms with Gasteiger partial charge in [-0.2, -0.15) is 5.26 Å². The molecule has 2 amide bonds. The molecule has 0 bridgehead atoms. The molecular weight excluding hydrogens is 358 g/mol. The minimum Gasteiger partial charge on any atom is -0.361 e. The van der Waals surface area contributed by atoms with Gasteiger partial charge in [-0.3, -0.25) is 10.1 Å². The van der Waals surface area contributed by atoms with Crippen LogP contribution in [0.3, 0.4) is 0 Å². The molecule has 8 nitrogen and oxygen atoms in total. The van der Waals surface area contributed by atoms with Crippen molar-refractivity contribution < 1.29 is 9.72 Å². The number of rotatable bonds is 5. The first-order chi connectivity index (χ1) is 13.6. The Kier molecular flexibility index (Phi) is 6.07. The number of carbonyl (C=O) groups excluding carboxylic acids is 1. The number of nitrogens with one attached hydrogen (secondary N) is 2. The lowest BCUT2D eigenvalue weighted by atomic mass is 10.00. The summed E-state index contributed by atoms with van der Waals surface area (Å²) in [7, 11) is 0. The van der Waals surface area contributed by atoms with E-state index in [9.17, 15) is 14.9 Å². The number of amides is 2. The number of anilines is 2. The highest BCUT2D eigenvalue weighted by Crippen LogP contribution is 2.33. The van der Waals surface area contributed by atoms with Gasteiger partial charge in [0.25, 0.3) is 5.69 Å². The van der Waals surface area contributed by atoms with E-state index in [4.69, 9.17) is 5.26 Å². The van der Waals surface area contributed by atoms with Gasteiger partial charge < -0.3 is 15.5 Å². The zero-order chi connectivity index (χ0) is 19.9. The zero-order valence-corrected chi connectivity index (χ0v) is 15.3. The maximum atomic E-state index is 12.2. The van der Waals surface area contributed by atoms with Crippen molar-refractivity contribution in [1.82, 2.24) is 5.32 Å². The number of nitro groups is 1. The number of hydrogen-bond acceptors (Lipinski definition) is 5. The van der Waals surface area contributed by atoms with E-state index in [1.54, 1.807) is 24.3 Å². The minimum absolute atomic E-state index is 0.0538. The summed E-state index contributed by atoms with van der Waals surface area (Å²) in [5.41, 5.74) is 1.35. The molecule has 8 heteroatoms. The Morgan fingerprint density at radius 1 is 1.25 bits per heavy atom. The van der Waals surface area contributed by atoms with Crippen LogP contribution in [0.25, 0.3) is 0 Å². The molecule has 0 aliphatic carbocycles. The molecule has 0 saturated carbocycles. The van der Waals surface area contributed by atoms with Gasteiger partial charge in [0, 0.05) is 30.9 Å². The predicted molar refractivity (Wildman–Crippen MR) is 106 cm³/mol. The van der Waals surface area contributed by atoms with Gasteiger partial charge in [0.2, 0.25) is 0 Å². The number of para-hydroxylation sites is 1. The normalized spacial score (nSPS) is 16.1. The second-order valence-corrected chi connectivity index (χ2v) is 6.62. The Morgan fingerprint density at radius 3 is 2.75 bits per heavy atom. The second-order valence-electron chi connectivity index (χ2n) is 6.62. The molecule has 1 aliphatic heterocycles. The van der Waals surface area contributed by atoms with Crippen LogP contribution in [0, 0.1) is 21.4 Å². The number of nitrogens with zero attached hydrogens (tertiary/aromatic N) is 3. The molecule has 1 saturated heterocycles. The van der Waals surface area contributed by atoms with E-state index in [-0.39, 0.29) is 23.3 Å². The Morgan fingerprint density at radius 2 is 2.04 bits per heavy atom. The second kappa shape index (κ2) is 8.86. The SMILES string of the molecule is N#Cc1ccc(N2CCCCC2CNC(=O)Nc2ccccc2)c([N+](=O)[O-])c1. The quantitative estimate of drug-likeness (QED) is 0.608. The summed E-state index contributed by atoms with van der Waals surface area (Å²) in [5.74, 6) is 0. The Labute approximate surface area is 162 Å². The molecule has 2 N–H and O–H groups in total. The van der Waals surface area contributed by atoms with Crippen molar-refractivity contribution in [1.29, 1.82) is 5.26 Å². The average molecular weight is 379 g/mol. The van der Waals surface area contributed by atoms with Crippen LogP contribution in [0.15, 0.2) is 48.5 Å². The molecule has 1 atom stereocenters. The maximum Gasteiger partial charge on any atom is 0.319 e. The van der Waals surface area contributed by atoms with E-state index >= 15 is 0 Å². The van der Waals surface area contributed by atoms with Crippen LogP contribution in [0.2, 0.25) is 0 Å². The highest BCUT2D eigenvalue weighted by atomic mass is 16.6. The third-order valence-electron chi connectivity index (χ3n) is 4.77. The maximum absolute atomic E-state index is 12.2. The fraction of sp³-hybridized carbons (Fsp3) is 0.300. The van der Waals surface area contributed by atoms with Crippen molar-refractivity contribution in [2.24, 2.45) is 0 Å². The van der Waals surface area contributed by atoms with E-state index in [0.717, 1.165) is 19.3 Å². The first-order valence-electron chi connectivity index (χ1n) is 9.13. The summed E-state index contributed by atoms with van der Waals surface area (Å²) in [4.78, 5) is 25.2. The fourth-order valence-corrected chi connectivity index (χ4v) is 3.42. The summed E-state index contributed by atoms with van der Waals surface area (Å²) in [6.07, 6.45) is 2.74.